The molecule has 0 unspecified atom stereocenters. The highest BCUT2D eigenvalue weighted by Gasteiger charge is 2.44. The van der Waals surface area contributed by atoms with Gasteiger partial charge in [0.05, 0.1) is 0 Å². The molecule has 1 heterocycles. The molecular weight excluding hydrogens is 812 g/mol. The van der Waals surface area contributed by atoms with E-state index in [2.05, 4.69) is 82.1 Å². The Hall–Kier alpha value is -0.383. The van der Waals surface area contributed by atoms with Gasteiger partial charge in [-0.1, -0.05) is 289 Å². The second-order valence-corrected chi connectivity index (χ2v) is 24.1. The van der Waals surface area contributed by atoms with E-state index in [9.17, 15) is 0 Å². The van der Waals surface area contributed by atoms with Crippen molar-refractivity contribution in [2.75, 3.05) is 0 Å². The van der Waals surface area contributed by atoms with Gasteiger partial charge < -0.3 is 0 Å². The molecule has 0 amide bonds. The van der Waals surface area contributed by atoms with Crippen LogP contribution in [0.1, 0.15) is 245 Å². The monoisotopic (exact) mass is 899 g/mol. The molecular formula is C52H88Br2Si. The molecule has 2 aromatic carbocycles. The molecule has 1 aliphatic rings. The Morgan fingerprint density at radius 2 is 0.527 bits per heavy atom. The number of halogens is 2. The highest BCUT2D eigenvalue weighted by atomic mass is 79.9. The highest BCUT2D eigenvalue weighted by molar-refractivity contribution is 9.10. The molecule has 55 heavy (non-hydrogen) atoms. The number of fused-ring (bicyclic) bond motifs is 3. The average molecular weight is 901 g/mol. The number of hydrogen-bond acceptors (Lipinski definition) is 0. The van der Waals surface area contributed by atoms with Crippen molar-refractivity contribution in [3.05, 3.63) is 45.3 Å². The fourth-order valence-corrected chi connectivity index (χ4v) is 16.6. The maximum atomic E-state index is 3.90. The standard InChI is InChI=1S/C52H88Br2Si/c1-3-5-7-9-11-13-15-17-19-21-23-25-27-29-31-33-35-37-43-55(51-45-47(53)39-41-49(51)50-42-40-48(54)46-52(50)55)44-38-36-34-32-30-28-26-24-22-20-18-16-14-12-10-8-6-4-2/h39-42,45-46H,3-38,43-44H2,1-2H3. The molecule has 0 saturated heterocycles. The van der Waals surface area contributed by atoms with Gasteiger partial charge in [-0.15, -0.1) is 0 Å². The lowest BCUT2D eigenvalue weighted by atomic mass is 10.0. The van der Waals surface area contributed by atoms with Gasteiger partial charge in [-0.3, -0.25) is 0 Å². The molecule has 314 valence electrons. The summed E-state index contributed by atoms with van der Waals surface area (Å²) in [5.74, 6) is 0. The summed E-state index contributed by atoms with van der Waals surface area (Å²) >= 11 is 7.80. The third-order valence-corrected chi connectivity index (χ3v) is 19.5. The van der Waals surface area contributed by atoms with Crippen LogP contribution in [0.25, 0.3) is 11.1 Å². The Labute approximate surface area is 361 Å². The van der Waals surface area contributed by atoms with Gasteiger partial charge in [0.25, 0.3) is 0 Å². The summed E-state index contributed by atoms with van der Waals surface area (Å²) in [7, 11) is -1.82. The normalized spacial score (nSPS) is 13.1. The predicted molar refractivity (Wildman–Crippen MR) is 259 cm³/mol. The zero-order chi connectivity index (χ0) is 39.1. The van der Waals surface area contributed by atoms with Crippen LogP contribution in [0.15, 0.2) is 45.3 Å². The van der Waals surface area contributed by atoms with Crippen LogP contribution in [0.2, 0.25) is 12.1 Å². The molecule has 0 nitrogen and oxygen atoms in total. The van der Waals surface area contributed by atoms with Crippen LogP contribution in [0.4, 0.5) is 0 Å². The third-order valence-electron chi connectivity index (χ3n) is 13.2. The molecule has 0 saturated carbocycles. The van der Waals surface area contributed by atoms with Crippen LogP contribution in [0.3, 0.4) is 0 Å². The molecule has 2 aromatic rings. The van der Waals surface area contributed by atoms with Crippen LogP contribution < -0.4 is 10.4 Å². The molecule has 0 fully saturated rings. The van der Waals surface area contributed by atoms with E-state index in [1.807, 2.05) is 0 Å². The van der Waals surface area contributed by atoms with Gasteiger partial charge in [0, 0.05) is 8.95 Å². The summed E-state index contributed by atoms with van der Waals surface area (Å²) in [5.41, 5.74) is 3.09. The van der Waals surface area contributed by atoms with E-state index in [4.69, 9.17) is 0 Å². The van der Waals surface area contributed by atoms with Crippen molar-refractivity contribution in [3.63, 3.8) is 0 Å². The van der Waals surface area contributed by atoms with Gasteiger partial charge in [-0.2, -0.15) is 0 Å². The Kier molecular flexibility index (Phi) is 28.9. The first-order valence-corrected chi connectivity index (χ1v) is 28.7. The molecule has 3 heteroatoms. The predicted octanol–water partition coefficient (Wildman–Crippen LogP) is 18.8. The Balaban J connectivity index is 1.31. The van der Waals surface area contributed by atoms with Crippen molar-refractivity contribution >= 4 is 50.3 Å². The third kappa shape index (κ3) is 20.4. The second kappa shape index (κ2) is 32.5. The number of hydrogen-bond donors (Lipinski definition) is 0. The molecule has 3 rings (SSSR count). The SMILES string of the molecule is CCCCCCCCCCCCCCCCCCCC[Si]1(CCCCCCCCCCCCCCCCCCCC)c2cc(Br)ccc2-c2ccc(Br)cc21. The second-order valence-electron chi connectivity index (χ2n) is 18.0. The first kappa shape index (κ1) is 49.0. The van der Waals surface area contributed by atoms with Crippen LogP contribution >= 0.6 is 31.9 Å². The Bertz CT molecular complexity index is 1110. The molecule has 0 N–H and O–H groups in total. The lowest BCUT2D eigenvalue weighted by molar-refractivity contribution is 0.526. The Morgan fingerprint density at radius 1 is 0.309 bits per heavy atom. The van der Waals surface area contributed by atoms with Crippen LogP contribution in [0, 0.1) is 0 Å². The summed E-state index contributed by atoms with van der Waals surface area (Å²) in [5, 5.41) is 3.46. The van der Waals surface area contributed by atoms with Gasteiger partial charge in [0.15, 0.2) is 0 Å². The molecule has 0 atom stereocenters. The molecule has 0 aliphatic carbocycles. The minimum Gasteiger partial charge on any atom is -0.0654 e. The van der Waals surface area contributed by atoms with E-state index < -0.39 is 8.07 Å². The highest BCUT2D eigenvalue weighted by Crippen LogP contribution is 2.37. The molecule has 0 aromatic heterocycles. The largest absolute Gasteiger partial charge is 0.119 e. The minimum absolute atomic E-state index is 1.27. The summed E-state index contributed by atoms with van der Waals surface area (Å²) in [4.78, 5) is 0. The quantitative estimate of drug-likeness (QED) is 0.0465. The summed E-state index contributed by atoms with van der Waals surface area (Å²) in [6.07, 6.45) is 52.2. The first-order valence-electron chi connectivity index (χ1n) is 24.7. The van der Waals surface area contributed by atoms with Crippen LogP contribution in [-0.2, 0) is 0 Å². The van der Waals surface area contributed by atoms with E-state index in [1.54, 1.807) is 21.5 Å². The van der Waals surface area contributed by atoms with E-state index in [0.717, 1.165) is 0 Å². The van der Waals surface area contributed by atoms with Crippen molar-refractivity contribution in [3.8, 4) is 11.1 Å². The van der Waals surface area contributed by atoms with Gasteiger partial charge >= 0.3 is 0 Å². The van der Waals surface area contributed by atoms with Crippen molar-refractivity contribution in [1.82, 2.24) is 0 Å². The van der Waals surface area contributed by atoms with E-state index in [0.29, 0.717) is 0 Å². The number of rotatable bonds is 38. The zero-order valence-electron chi connectivity index (χ0n) is 36.6. The van der Waals surface area contributed by atoms with Crippen molar-refractivity contribution in [2.45, 2.75) is 257 Å². The lowest BCUT2D eigenvalue weighted by Gasteiger charge is -2.30. The topological polar surface area (TPSA) is 0 Å². The van der Waals surface area contributed by atoms with Gasteiger partial charge in [0.1, 0.15) is 8.07 Å². The fourth-order valence-electron chi connectivity index (χ4n) is 9.76. The molecule has 0 bridgehead atoms. The molecule has 0 spiro atoms. The van der Waals surface area contributed by atoms with E-state index in [-0.39, 0.29) is 0 Å². The molecule has 0 radical (unpaired) electrons. The summed E-state index contributed by atoms with van der Waals surface area (Å²) < 4.78 is 2.54. The zero-order valence-corrected chi connectivity index (χ0v) is 40.8. The summed E-state index contributed by atoms with van der Waals surface area (Å²) in [6.45, 7) is 4.63. The fraction of sp³-hybridized carbons (Fsp3) is 0.769. The number of unbranched alkanes of at least 4 members (excludes halogenated alkanes) is 34. The van der Waals surface area contributed by atoms with Gasteiger partial charge in [-0.25, -0.2) is 0 Å². The minimum atomic E-state index is -1.82. The lowest BCUT2D eigenvalue weighted by Crippen LogP contribution is -2.55. The van der Waals surface area contributed by atoms with Crippen molar-refractivity contribution < 1.29 is 0 Å². The van der Waals surface area contributed by atoms with Crippen molar-refractivity contribution in [2.24, 2.45) is 0 Å². The summed E-state index contributed by atoms with van der Waals surface area (Å²) in [6, 6.07) is 17.3. The van der Waals surface area contributed by atoms with E-state index in [1.165, 1.54) is 252 Å². The van der Waals surface area contributed by atoms with Crippen molar-refractivity contribution in [1.29, 1.82) is 0 Å². The van der Waals surface area contributed by atoms with Crippen LogP contribution in [0.5, 0.6) is 0 Å². The van der Waals surface area contributed by atoms with Gasteiger partial charge in [0.2, 0.25) is 0 Å². The van der Waals surface area contributed by atoms with Crippen LogP contribution in [-0.4, -0.2) is 8.07 Å². The average Bonchev–Trinajstić information content (AvgIpc) is 3.44. The first-order chi connectivity index (χ1) is 27.1. The maximum absolute atomic E-state index is 3.90. The Morgan fingerprint density at radius 3 is 0.764 bits per heavy atom. The number of benzene rings is 2. The van der Waals surface area contributed by atoms with Gasteiger partial charge in [-0.05, 0) is 57.9 Å². The smallest absolute Gasteiger partial charge is 0.0654 e. The maximum Gasteiger partial charge on any atom is 0.119 e. The molecule has 1 aliphatic heterocycles. The van der Waals surface area contributed by atoms with E-state index >= 15 is 0 Å².